The third kappa shape index (κ3) is 4.60. The first kappa shape index (κ1) is 19.0. The molecule has 0 aromatic carbocycles. The molecule has 1 spiro atoms. The molecular weight excluding hydrogens is 336 g/mol. The van der Waals surface area contributed by atoms with Crippen LogP contribution in [0, 0.1) is 5.41 Å². The molecule has 2 fully saturated rings. The van der Waals surface area contributed by atoms with Gasteiger partial charge < -0.3 is 14.7 Å². The molecule has 2 aliphatic heterocycles. The van der Waals surface area contributed by atoms with Crippen LogP contribution < -0.4 is 0 Å². The highest BCUT2D eigenvalue weighted by Crippen LogP contribution is 2.40. The lowest BCUT2D eigenvalue weighted by Crippen LogP contribution is -2.46. The fourth-order valence-corrected chi connectivity index (χ4v) is 5.40. The molecular formula is C15H26N2O6S. The van der Waals surface area contributed by atoms with E-state index in [0.717, 1.165) is 0 Å². The minimum Gasteiger partial charge on any atom is -0.481 e. The van der Waals surface area contributed by atoms with E-state index in [-0.39, 0.29) is 24.8 Å². The smallest absolute Gasteiger partial charge is 0.410 e. The Morgan fingerprint density at radius 3 is 2.29 bits per heavy atom. The molecule has 8 nitrogen and oxygen atoms in total. The van der Waals surface area contributed by atoms with Crippen molar-refractivity contribution in [1.82, 2.24) is 9.21 Å². The molecule has 2 heterocycles. The van der Waals surface area contributed by atoms with Gasteiger partial charge in [0.15, 0.2) is 0 Å². The van der Waals surface area contributed by atoms with Crippen molar-refractivity contribution < 1.29 is 27.9 Å². The Morgan fingerprint density at radius 1 is 1.21 bits per heavy atom. The number of carboxylic acid groups (broad SMARTS) is 1. The molecule has 0 saturated carbocycles. The maximum Gasteiger partial charge on any atom is 0.410 e. The lowest BCUT2D eigenvalue weighted by atomic mass is 9.80. The number of sulfonamides is 1. The molecule has 138 valence electrons. The Hall–Kier alpha value is -1.35. The van der Waals surface area contributed by atoms with Gasteiger partial charge in [-0.15, -0.1) is 0 Å². The van der Waals surface area contributed by atoms with Gasteiger partial charge in [-0.3, -0.25) is 4.79 Å². The average molecular weight is 362 g/mol. The van der Waals surface area contributed by atoms with Crippen LogP contribution in [0.15, 0.2) is 0 Å². The Kier molecular flexibility index (Phi) is 5.15. The number of ether oxygens (including phenoxy) is 1. The fourth-order valence-electron chi connectivity index (χ4n) is 3.23. The zero-order chi connectivity index (χ0) is 18.2. The fraction of sp³-hybridized carbons (Fsp3) is 0.867. The van der Waals surface area contributed by atoms with Gasteiger partial charge in [0.05, 0.1) is 12.2 Å². The quantitative estimate of drug-likeness (QED) is 0.807. The molecule has 0 aliphatic carbocycles. The zero-order valence-corrected chi connectivity index (χ0v) is 15.3. The summed E-state index contributed by atoms with van der Waals surface area (Å²) in [5, 5.41) is 8.75. The summed E-state index contributed by atoms with van der Waals surface area (Å²) in [7, 11) is -3.42. The van der Waals surface area contributed by atoms with Crippen molar-refractivity contribution in [3.05, 3.63) is 0 Å². The van der Waals surface area contributed by atoms with Crippen LogP contribution in [0.2, 0.25) is 0 Å². The molecule has 0 atom stereocenters. The second-order valence-electron chi connectivity index (χ2n) is 7.70. The van der Waals surface area contributed by atoms with Crippen LogP contribution in [-0.4, -0.2) is 72.3 Å². The third-order valence-electron chi connectivity index (χ3n) is 4.44. The summed E-state index contributed by atoms with van der Waals surface area (Å²) in [6.45, 7) is 6.68. The molecule has 0 radical (unpaired) electrons. The molecule has 9 heteroatoms. The maximum absolute atomic E-state index is 12.3. The number of hydrogen-bond acceptors (Lipinski definition) is 5. The monoisotopic (exact) mass is 362 g/mol. The van der Waals surface area contributed by atoms with E-state index in [0.29, 0.717) is 32.5 Å². The minimum atomic E-state index is -3.42. The highest BCUT2D eigenvalue weighted by Gasteiger charge is 2.49. The molecule has 2 saturated heterocycles. The minimum absolute atomic E-state index is 0.00912. The highest BCUT2D eigenvalue weighted by atomic mass is 32.2. The summed E-state index contributed by atoms with van der Waals surface area (Å²) >= 11 is 0. The second-order valence-corrected chi connectivity index (χ2v) is 9.67. The largest absolute Gasteiger partial charge is 0.481 e. The predicted molar refractivity (Wildman–Crippen MR) is 87.1 cm³/mol. The van der Waals surface area contributed by atoms with Gasteiger partial charge in [0, 0.05) is 31.6 Å². The van der Waals surface area contributed by atoms with Gasteiger partial charge >= 0.3 is 12.1 Å². The molecule has 0 unspecified atom stereocenters. The Balaban J connectivity index is 1.96. The molecule has 24 heavy (non-hydrogen) atoms. The lowest BCUT2D eigenvalue weighted by molar-refractivity contribution is -0.137. The normalized spacial score (nSPS) is 23.4. The SMILES string of the molecule is CC(C)(C)OC(=O)N1CCC2(CC1)CN(CCC(=O)O)S(=O)(=O)C2. The number of aliphatic carboxylic acids is 1. The van der Waals surface area contributed by atoms with E-state index in [2.05, 4.69) is 0 Å². The van der Waals surface area contributed by atoms with Crippen LogP contribution >= 0.6 is 0 Å². The van der Waals surface area contributed by atoms with Crippen molar-refractivity contribution in [1.29, 1.82) is 0 Å². The third-order valence-corrected chi connectivity index (χ3v) is 6.52. The van der Waals surface area contributed by atoms with Gasteiger partial charge in [-0.2, -0.15) is 0 Å². The van der Waals surface area contributed by atoms with Crippen molar-refractivity contribution in [2.75, 3.05) is 31.9 Å². The second kappa shape index (κ2) is 6.51. The number of piperidine rings is 1. The summed E-state index contributed by atoms with van der Waals surface area (Å²) < 4.78 is 31.2. The van der Waals surface area contributed by atoms with E-state index in [1.165, 1.54) is 4.31 Å². The van der Waals surface area contributed by atoms with Crippen LogP contribution in [0.1, 0.15) is 40.0 Å². The van der Waals surface area contributed by atoms with Crippen molar-refractivity contribution >= 4 is 22.1 Å². The average Bonchev–Trinajstić information content (AvgIpc) is 2.65. The number of carbonyl (C=O) groups is 2. The molecule has 2 rings (SSSR count). The van der Waals surface area contributed by atoms with E-state index in [9.17, 15) is 18.0 Å². The number of nitrogens with zero attached hydrogens (tertiary/aromatic N) is 2. The van der Waals surface area contributed by atoms with Crippen molar-refractivity contribution in [2.24, 2.45) is 5.41 Å². The van der Waals surface area contributed by atoms with Gasteiger partial charge in [-0.05, 0) is 33.6 Å². The van der Waals surface area contributed by atoms with E-state index >= 15 is 0 Å². The lowest BCUT2D eigenvalue weighted by Gasteiger charge is -2.38. The van der Waals surface area contributed by atoms with Crippen LogP contribution in [0.3, 0.4) is 0 Å². The van der Waals surface area contributed by atoms with Gasteiger partial charge in [0.2, 0.25) is 10.0 Å². The Bertz CT molecular complexity index is 602. The number of amides is 1. The van der Waals surface area contributed by atoms with E-state index in [1.807, 2.05) is 0 Å². The highest BCUT2D eigenvalue weighted by molar-refractivity contribution is 7.89. The van der Waals surface area contributed by atoms with Crippen molar-refractivity contribution in [2.45, 2.75) is 45.6 Å². The van der Waals surface area contributed by atoms with Crippen LogP contribution in [0.5, 0.6) is 0 Å². The van der Waals surface area contributed by atoms with E-state index < -0.39 is 27.0 Å². The van der Waals surface area contributed by atoms with E-state index in [4.69, 9.17) is 9.84 Å². The number of carbonyl (C=O) groups excluding carboxylic acids is 1. The first-order valence-corrected chi connectivity index (χ1v) is 9.71. The topological polar surface area (TPSA) is 104 Å². The number of hydrogen-bond donors (Lipinski definition) is 1. The summed E-state index contributed by atoms with van der Waals surface area (Å²) in [6.07, 6.45) is 0.588. The summed E-state index contributed by atoms with van der Waals surface area (Å²) in [5.74, 6) is -0.979. The molecule has 0 aromatic rings. The summed E-state index contributed by atoms with van der Waals surface area (Å²) in [4.78, 5) is 24.4. The molecule has 1 amide bonds. The van der Waals surface area contributed by atoms with Crippen LogP contribution in [0.4, 0.5) is 4.79 Å². The predicted octanol–water partition coefficient (Wildman–Crippen LogP) is 1.12. The molecule has 1 N–H and O–H groups in total. The van der Waals surface area contributed by atoms with Crippen molar-refractivity contribution in [3.8, 4) is 0 Å². The zero-order valence-electron chi connectivity index (χ0n) is 14.4. The van der Waals surface area contributed by atoms with Gasteiger partial charge in [0.25, 0.3) is 0 Å². The Morgan fingerprint density at radius 2 is 1.79 bits per heavy atom. The molecule has 0 aromatic heterocycles. The van der Waals surface area contributed by atoms with Crippen molar-refractivity contribution in [3.63, 3.8) is 0 Å². The van der Waals surface area contributed by atoms with Gasteiger partial charge in [0.1, 0.15) is 5.60 Å². The van der Waals surface area contributed by atoms with E-state index in [1.54, 1.807) is 25.7 Å². The number of rotatable bonds is 3. The first-order valence-electron chi connectivity index (χ1n) is 8.10. The summed E-state index contributed by atoms with van der Waals surface area (Å²) in [6, 6.07) is 0. The molecule has 2 aliphatic rings. The molecule has 0 bridgehead atoms. The summed E-state index contributed by atoms with van der Waals surface area (Å²) in [5.41, 5.74) is -0.952. The standard InChI is InChI=1S/C15H26N2O6S/c1-14(2,3)23-13(20)16-8-5-15(6-9-16)10-17(7-4-12(18)19)24(21,22)11-15/h4-11H2,1-3H3,(H,18,19). The van der Waals surface area contributed by atoms with Crippen LogP contribution in [-0.2, 0) is 19.6 Å². The number of likely N-dealkylation sites (tertiary alicyclic amines) is 1. The maximum atomic E-state index is 12.3. The van der Waals surface area contributed by atoms with Crippen LogP contribution in [0.25, 0.3) is 0 Å². The number of carboxylic acids is 1. The van der Waals surface area contributed by atoms with Gasteiger partial charge in [-0.25, -0.2) is 17.5 Å². The van der Waals surface area contributed by atoms with Gasteiger partial charge in [-0.1, -0.05) is 0 Å². The Labute approximate surface area is 142 Å². The first-order chi connectivity index (χ1) is 10.9.